The molecule has 2 heterocycles. The molecule has 1 aromatic carbocycles. The zero-order valence-electron chi connectivity index (χ0n) is 8.25. The summed E-state index contributed by atoms with van der Waals surface area (Å²) in [5.41, 5.74) is 0.921. The highest BCUT2D eigenvalue weighted by atomic mass is 35.5. The molecule has 1 atom stereocenters. The minimum Gasteiger partial charge on any atom is -0.485 e. The molecule has 0 saturated carbocycles. The Morgan fingerprint density at radius 3 is 3.00 bits per heavy atom. The van der Waals surface area contributed by atoms with Crippen LogP contribution in [-0.2, 0) is 6.42 Å². The lowest BCUT2D eigenvalue weighted by molar-refractivity contribution is 0.118. The summed E-state index contributed by atoms with van der Waals surface area (Å²) in [7, 11) is 0. The van der Waals surface area contributed by atoms with Crippen molar-refractivity contribution in [3.05, 3.63) is 29.6 Å². The van der Waals surface area contributed by atoms with E-state index in [0.29, 0.717) is 0 Å². The van der Waals surface area contributed by atoms with Crippen molar-refractivity contribution in [3.63, 3.8) is 0 Å². The lowest BCUT2D eigenvalue weighted by Crippen LogP contribution is -2.36. The van der Waals surface area contributed by atoms with Crippen LogP contribution in [0.25, 0.3) is 0 Å². The van der Waals surface area contributed by atoms with Crippen LogP contribution >= 0.6 is 12.4 Å². The van der Waals surface area contributed by atoms with E-state index in [4.69, 9.17) is 4.74 Å². The largest absolute Gasteiger partial charge is 0.485 e. The number of rotatable bonds is 0. The minimum absolute atomic E-state index is 0. The highest BCUT2D eigenvalue weighted by Crippen LogP contribution is 2.38. The SMILES string of the molecule is Cl.Fc1ccc2c(c1)CC1(CCNC1)O2. The number of nitrogens with one attached hydrogen (secondary N) is 1. The average Bonchev–Trinajstić information content (AvgIpc) is 2.72. The predicted octanol–water partition coefficient (Wildman–Crippen LogP) is 1.91. The minimum atomic E-state index is -0.171. The van der Waals surface area contributed by atoms with Gasteiger partial charge < -0.3 is 10.1 Å². The molecule has 0 bridgehead atoms. The second-order valence-corrected chi connectivity index (χ2v) is 4.14. The van der Waals surface area contributed by atoms with Crippen LogP contribution in [0.4, 0.5) is 4.39 Å². The monoisotopic (exact) mass is 229 g/mol. The molecule has 2 nitrogen and oxygen atoms in total. The topological polar surface area (TPSA) is 21.3 Å². The third-order valence-electron chi connectivity index (χ3n) is 3.07. The van der Waals surface area contributed by atoms with Gasteiger partial charge in [0.2, 0.25) is 0 Å². The van der Waals surface area contributed by atoms with Gasteiger partial charge in [0.15, 0.2) is 0 Å². The Labute approximate surface area is 94.2 Å². The van der Waals surface area contributed by atoms with Crippen molar-refractivity contribution < 1.29 is 9.13 Å². The fourth-order valence-corrected chi connectivity index (χ4v) is 2.36. The number of ether oxygens (including phenoxy) is 1. The van der Waals surface area contributed by atoms with Gasteiger partial charge in [0.05, 0.1) is 0 Å². The van der Waals surface area contributed by atoms with Gasteiger partial charge in [-0.3, -0.25) is 0 Å². The second-order valence-electron chi connectivity index (χ2n) is 4.14. The highest BCUT2D eigenvalue weighted by molar-refractivity contribution is 5.85. The maximum Gasteiger partial charge on any atom is 0.127 e. The standard InChI is InChI=1S/C11H12FNO.ClH/c12-9-1-2-10-8(5-9)6-11(14-10)3-4-13-7-11;/h1-2,5,13H,3-4,6-7H2;1H. The van der Waals surface area contributed by atoms with Crippen molar-refractivity contribution in [2.24, 2.45) is 0 Å². The third kappa shape index (κ3) is 1.70. The Balaban J connectivity index is 0.000000853. The lowest BCUT2D eigenvalue weighted by Gasteiger charge is -2.21. The molecule has 4 heteroatoms. The lowest BCUT2D eigenvalue weighted by atomic mass is 9.96. The molecular formula is C11H13ClFNO. The van der Waals surface area contributed by atoms with Crippen LogP contribution in [0.2, 0.25) is 0 Å². The van der Waals surface area contributed by atoms with Crippen LogP contribution in [0.3, 0.4) is 0 Å². The van der Waals surface area contributed by atoms with E-state index < -0.39 is 0 Å². The summed E-state index contributed by atoms with van der Waals surface area (Å²) in [6, 6.07) is 4.78. The molecule has 0 amide bonds. The zero-order valence-corrected chi connectivity index (χ0v) is 9.07. The van der Waals surface area contributed by atoms with E-state index in [2.05, 4.69) is 5.32 Å². The molecular weight excluding hydrogens is 217 g/mol. The Kier molecular flexibility index (Phi) is 2.61. The van der Waals surface area contributed by atoms with E-state index in [1.54, 1.807) is 12.1 Å². The fraction of sp³-hybridized carbons (Fsp3) is 0.455. The van der Waals surface area contributed by atoms with Crippen LogP contribution in [0.1, 0.15) is 12.0 Å². The predicted molar refractivity (Wildman–Crippen MR) is 58.2 cm³/mol. The van der Waals surface area contributed by atoms with E-state index in [1.165, 1.54) is 6.07 Å². The molecule has 1 saturated heterocycles. The fourth-order valence-electron chi connectivity index (χ4n) is 2.36. The van der Waals surface area contributed by atoms with E-state index in [0.717, 1.165) is 37.2 Å². The van der Waals surface area contributed by atoms with Gasteiger partial charge in [0.25, 0.3) is 0 Å². The molecule has 1 fully saturated rings. The van der Waals surface area contributed by atoms with Crippen LogP contribution < -0.4 is 10.1 Å². The molecule has 0 aliphatic carbocycles. The van der Waals surface area contributed by atoms with Crippen molar-refractivity contribution in [1.29, 1.82) is 0 Å². The van der Waals surface area contributed by atoms with E-state index in [1.807, 2.05) is 0 Å². The molecule has 1 aromatic rings. The number of benzene rings is 1. The first-order valence-electron chi connectivity index (χ1n) is 4.96. The van der Waals surface area contributed by atoms with Crippen LogP contribution in [-0.4, -0.2) is 18.7 Å². The maximum absolute atomic E-state index is 13.0. The Bertz CT molecular complexity index is 377. The van der Waals surface area contributed by atoms with E-state index in [-0.39, 0.29) is 23.8 Å². The van der Waals surface area contributed by atoms with E-state index >= 15 is 0 Å². The number of halogens is 2. The zero-order chi connectivity index (χ0) is 9.60. The number of fused-ring (bicyclic) bond motifs is 1. The summed E-state index contributed by atoms with van der Waals surface area (Å²) in [5, 5.41) is 3.29. The molecule has 0 aromatic heterocycles. The van der Waals surface area contributed by atoms with Gasteiger partial charge in [0.1, 0.15) is 17.2 Å². The molecule has 1 N–H and O–H groups in total. The number of hydrogen-bond acceptors (Lipinski definition) is 2. The first-order valence-corrected chi connectivity index (χ1v) is 4.96. The van der Waals surface area contributed by atoms with Crippen molar-refractivity contribution in [2.75, 3.05) is 13.1 Å². The molecule has 2 aliphatic rings. The van der Waals surface area contributed by atoms with Gasteiger partial charge in [-0.25, -0.2) is 4.39 Å². The Morgan fingerprint density at radius 2 is 2.27 bits per heavy atom. The molecule has 15 heavy (non-hydrogen) atoms. The smallest absolute Gasteiger partial charge is 0.127 e. The second kappa shape index (κ2) is 3.65. The van der Waals surface area contributed by atoms with Crippen molar-refractivity contribution in [3.8, 4) is 5.75 Å². The van der Waals surface area contributed by atoms with E-state index in [9.17, 15) is 4.39 Å². The Hall–Kier alpha value is -0.800. The quantitative estimate of drug-likeness (QED) is 0.734. The van der Waals surface area contributed by atoms with Crippen molar-refractivity contribution in [2.45, 2.75) is 18.4 Å². The maximum atomic E-state index is 13.0. The highest BCUT2D eigenvalue weighted by Gasteiger charge is 2.41. The van der Waals surface area contributed by atoms with Gasteiger partial charge >= 0.3 is 0 Å². The molecule has 82 valence electrons. The summed E-state index contributed by atoms with van der Waals surface area (Å²) in [6.07, 6.45) is 1.86. The molecule has 1 spiro atoms. The van der Waals surface area contributed by atoms with Gasteiger partial charge in [-0.1, -0.05) is 0 Å². The summed E-state index contributed by atoms with van der Waals surface area (Å²) in [4.78, 5) is 0. The Morgan fingerprint density at radius 1 is 1.40 bits per heavy atom. The molecule has 1 unspecified atom stereocenters. The third-order valence-corrected chi connectivity index (χ3v) is 3.07. The molecule has 0 radical (unpaired) electrons. The molecule has 2 aliphatic heterocycles. The van der Waals surface area contributed by atoms with Crippen molar-refractivity contribution >= 4 is 12.4 Å². The van der Waals surface area contributed by atoms with Crippen LogP contribution in [0.5, 0.6) is 5.75 Å². The van der Waals surface area contributed by atoms with Gasteiger partial charge in [-0.15, -0.1) is 12.4 Å². The number of hydrogen-bond donors (Lipinski definition) is 1. The first kappa shape index (κ1) is 10.7. The summed E-state index contributed by atoms with van der Waals surface area (Å²) < 4.78 is 18.8. The van der Waals surface area contributed by atoms with Crippen LogP contribution in [0.15, 0.2) is 18.2 Å². The van der Waals surface area contributed by atoms with Gasteiger partial charge in [-0.2, -0.15) is 0 Å². The van der Waals surface area contributed by atoms with Gasteiger partial charge in [-0.05, 0) is 24.7 Å². The van der Waals surface area contributed by atoms with Crippen molar-refractivity contribution in [1.82, 2.24) is 5.32 Å². The first-order chi connectivity index (χ1) is 6.77. The summed E-state index contributed by atoms with van der Waals surface area (Å²) >= 11 is 0. The average molecular weight is 230 g/mol. The summed E-state index contributed by atoms with van der Waals surface area (Å²) in [5.74, 6) is 0.686. The normalized spacial score (nSPS) is 27.3. The summed E-state index contributed by atoms with van der Waals surface area (Å²) in [6.45, 7) is 1.87. The van der Waals surface area contributed by atoms with Gasteiger partial charge in [0, 0.05) is 24.9 Å². The van der Waals surface area contributed by atoms with Crippen LogP contribution in [0, 0.1) is 5.82 Å². The molecule has 3 rings (SSSR count).